The van der Waals surface area contributed by atoms with Crippen molar-refractivity contribution in [1.82, 2.24) is 9.47 Å². The Morgan fingerprint density at radius 3 is 2.05 bits per heavy atom. The van der Waals surface area contributed by atoms with Crippen LogP contribution in [0, 0.1) is 6.92 Å². The van der Waals surface area contributed by atoms with Crippen LogP contribution in [0.1, 0.15) is 55.2 Å². The number of alkyl halides is 3. The molecule has 0 amide bonds. The van der Waals surface area contributed by atoms with E-state index in [1.54, 1.807) is 24.3 Å². The van der Waals surface area contributed by atoms with E-state index in [0.29, 0.717) is 87.4 Å². The minimum atomic E-state index is -6.09. The molecular formula is C53H59ClF3N6O10PS3. The summed E-state index contributed by atoms with van der Waals surface area (Å²) in [5.41, 5.74) is -0.607. The second kappa shape index (κ2) is 23.8. The summed E-state index contributed by atoms with van der Waals surface area (Å²) >= 11 is 7.64. The van der Waals surface area contributed by atoms with E-state index >= 15 is 0 Å². The van der Waals surface area contributed by atoms with Crippen LogP contribution in [0.2, 0.25) is 5.02 Å². The number of aromatic nitrogens is 1. The van der Waals surface area contributed by atoms with E-state index in [1.807, 2.05) is 97.0 Å². The summed E-state index contributed by atoms with van der Waals surface area (Å²) in [4.78, 5) is 36.6. The summed E-state index contributed by atoms with van der Waals surface area (Å²) in [6.45, 7) is 9.44. The topological polar surface area (TPSA) is 211 Å². The van der Waals surface area contributed by atoms with Crippen molar-refractivity contribution < 1.29 is 58.8 Å². The predicted molar refractivity (Wildman–Crippen MR) is 296 cm³/mol. The number of carboxylic acid groups (broad SMARTS) is 1. The summed E-state index contributed by atoms with van der Waals surface area (Å²) in [5.74, 6) is -0.746. The van der Waals surface area contributed by atoms with E-state index in [0.717, 1.165) is 45.2 Å². The Morgan fingerprint density at radius 2 is 1.45 bits per heavy atom. The SMILES string of the molecule is Cc1c(C(=O)O)c(-c2cccc(N3CCN(c4ccc(NS(=O)(=O)c5ccc(N[C@H](CCN6CCC(OP(=O)(O)O)CC6)CSc6ccccc6)c(S(=O)(=O)C(F)(F)F)c5)cc4)CC3)c2)c(-c2ccc(Cl)cc2)n1C(C)C. The molecule has 0 bridgehead atoms. The molecule has 0 unspecified atom stereocenters. The van der Waals surface area contributed by atoms with Crippen molar-refractivity contribution >= 4 is 79.8 Å². The first-order chi connectivity index (χ1) is 36.4. The molecule has 0 spiro atoms. The third-order valence-electron chi connectivity index (χ3n) is 13.6. The monoisotopic (exact) mass is 1160 g/mol. The minimum Gasteiger partial charge on any atom is -0.478 e. The lowest BCUT2D eigenvalue weighted by Crippen LogP contribution is -2.46. The molecule has 6 aromatic rings. The minimum absolute atomic E-state index is 0.0423. The smallest absolute Gasteiger partial charge is 0.478 e. The van der Waals surface area contributed by atoms with Gasteiger partial charge in [0, 0.05) is 102 Å². The van der Waals surface area contributed by atoms with Gasteiger partial charge in [0.1, 0.15) is 4.90 Å². The maximum atomic E-state index is 14.4. The van der Waals surface area contributed by atoms with Crippen LogP contribution in [0.4, 0.5) is 35.9 Å². The van der Waals surface area contributed by atoms with Crippen molar-refractivity contribution in [2.75, 3.05) is 71.4 Å². The lowest BCUT2D eigenvalue weighted by molar-refractivity contribution is -0.0436. The van der Waals surface area contributed by atoms with Crippen LogP contribution in [0.25, 0.3) is 22.4 Å². The highest BCUT2D eigenvalue weighted by Gasteiger charge is 2.48. The number of sulfone groups is 1. The van der Waals surface area contributed by atoms with Gasteiger partial charge in [-0.05, 0) is 130 Å². The molecule has 3 heterocycles. The maximum absolute atomic E-state index is 14.4. The summed E-state index contributed by atoms with van der Waals surface area (Å²) in [7, 11) is -15.4. The fraction of sp³-hybridized carbons (Fsp3) is 0.340. The van der Waals surface area contributed by atoms with Gasteiger partial charge in [0.25, 0.3) is 19.9 Å². The van der Waals surface area contributed by atoms with E-state index in [1.165, 1.54) is 23.9 Å². The zero-order valence-electron chi connectivity index (χ0n) is 42.2. The molecule has 1 atom stereocenters. The normalized spacial score (nSPS) is 15.7. The molecule has 16 nitrogen and oxygen atoms in total. The molecule has 24 heteroatoms. The molecule has 2 aliphatic heterocycles. The van der Waals surface area contributed by atoms with E-state index < -0.39 is 66.8 Å². The van der Waals surface area contributed by atoms with Crippen molar-refractivity contribution in [1.29, 1.82) is 0 Å². The van der Waals surface area contributed by atoms with E-state index in [2.05, 4.69) is 19.8 Å². The van der Waals surface area contributed by atoms with Crippen LogP contribution >= 0.6 is 31.2 Å². The van der Waals surface area contributed by atoms with Gasteiger partial charge < -0.3 is 39.5 Å². The maximum Gasteiger partial charge on any atom is 0.501 e. The van der Waals surface area contributed by atoms with Crippen molar-refractivity contribution in [3.63, 3.8) is 0 Å². The summed E-state index contributed by atoms with van der Waals surface area (Å²) < 4.78 is 118. The van der Waals surface area contributed by atoms with Crippen LogP contribution in [-0.4, -0.2) is 116 Å². The number of hydrogen-bond acceptors (Lipinski definition) is 12. The average molecular weight is 1160 g/mol. The fourth-order valence-electron chi connectivity index (χ4n) is 9.86. The number of likely N-dealkylation sites (tertiary alicyclic amines) is 1. The Labute approximate surface area is 455 Å². The van der Waals surface area contributed by atoms with Gasteiger partial charge in [-0.15, -0.1) is 11.8 Å². The highest BCUT2D eigenvalue weighted by molar-refractivity contribution is 7.99. The number of carbonyl (C=O) groups is 1. The number of phosphoric acid groups is 1. The Hall–Kier alpha value is -5.55. The number of nitrogens with zero attached hydrogens (tertiary/aromatic N) is 4. The molecule has 5 N–H and O–H groups in total. The number of sulfonamides is 1. The standard InChI is InChI=1S/C53H59ClF3N6O10PS3/c1-35(2)63-36(3)49(52(64)65)50(51(63)37-12-14-39(54)15-13-37)38-8-7-9-43(32-38)62-30-28-61(29-31-62)42-18-16-40(17-19-42)59-77(71,72)46-20-21-47(48(33-46)76(69,70)53(55,56)57)58-41(34-75-45-10-5-4-6-11-45)22-25-60-26-23-44(24-27-60)73-74(66,67)68/h4-21,32-33,35,41,44,58-59H,22-31,34H2,1-3H3,(H,64,65)(H2,66,67,68)/t41-/m1/s1. The molecule has 0 saturated carbocycles. The molecule has 412 valence electrons. The quantitative estimate of drug-likeness (QED) is 0.0356. The van der Waals surface area contributed by atoms with Crippen LogP contribution in [0.5, 0.6) is 0 Å². The predicted octanol–water partition coefficient (Wildman–Crippen LogP) is 11.0. The molecule has 2 saturated heterocycles. The molecule has 0 aliphatic carbocycles. The summed E-state index contributed by atoms with van der Waals surface area (Å²) in [6.07, 6.45) is 0.343. The highest BCUT2D eigenvalue weighted by atomic mass is 35.5. The lowest BCUT2D eigenvalue weighted by atomic mass is 9.96. The lowest BCUT2D eigenvalue weighted by Gasteiger charge is -2.37. The third-order valence-corrected chi connectivity index (χ3v) is 18.5. The molecule has 2 aliphatic rings. The number of carboxylic acids is 1. The Kier molecular flexibility index (Phi) is 17.8. The number of hydrogen-bond donors (Lipinski definition) is 5. The van der Waals surface area contributed by atoms with Gasteiger partial charge in [0.05, 0.1) is 27.9 Å². The van der Waals surface area contributed by atoms with Crippen LogP contribution < -0.4 is 19.8 Å². The molecule has 0 radical (unpaired) electrons. The molecule has 8 rings (SSSR count). The third kappa shape index (κ3) is 13.8. The van der Waals surface area contributed by atoms with Gasteiger partial charge in [-0.2, -0.15) is 13.2 Å². The number of benzene rings is 5. The number of piperidine rings is 1. The zero-order valence-corrected chi connectivity index (χ0v) is 46.3. The van der Waals surface area contributed by atoms with Gasteiger partial charge in [-0.1, -0.05) is 54.1 Å². The van der Waals surface area contributed by atoms with Crippen LogP contribution in [0.15, 0.2) is 136 Å². The fourth-order valence-corrected chi connectivity index (χ4v) is 13.7. The van der Waals surface area contributed by atoms with Crippen molar-refractivity contribution in [2.45, 2.75) is 78.4 Å². The summed E-state index contributed by atoms with van der Waals surface area (Å²) in [6, 6.07) is 32.7. The summed E-state index contributed by atoms with van der Waals surface area (Å²) in [5, 5.41) is 14.1. The van der Waals surface area contributed by atoms with Crippen LogP contribution in [0.3, 0.4) is 0 Å². The number of thioether (sulfide) groups is 1. The Bertz CT molecular complexity index is 3330. The molecular weight excluding hydrogens is 1100 g/mol. The van der Waals surface area contributed by atoms with Crippen molar-refractivity contribution in [3.05, 3.63) is 138 Å². The number of nitrogens with one attached hydrogen (secondary N) is 2. The average Bonchev–Trinajstić information content (AvgIpc) is 3.92. The second-order valence-corrected chi connectivity index (χ2v) is 25.4. The van der Waals surface area contributed by atoms with Gasteiger partial charge in [0.15, 0.2) is 0 Å². The highest BCUT2D eigenvalue weighted by Crippen LogP contribution is 2.44. The van der Waals surface area contributed by atoms with Gasteiger partial charge in [-0.3, -0.25) is 9.25 Å². The van der Waals surface area contributed by atoms with Crippen molar-refractivity contribution in [3.8, 4) is 22.4 Å². The number of halogens is 4. The number of phosphoric ester groups is 1. The van der Waals surface area contributed by atoms with Crippen LogP contribution in [-0.2, 0) is 28.9 Å². The number of aromatic carboxylic acids is 1. The number of rotatable bonds is 20. The molecule has 1 aromatic heterocycles. The van der Waals surface area contributed by atoms with E-state index in [4.69, 9.17) is 16.1 Å². The number of piperazine rings is 1. The van der Waals surface area contributed by atoms with Crippen molar-refractivity contribution in [2.24, 2.45) is 0 Å². The molecule has 5 aromatic carbocycles. The van der Waals surface area contributed by atoms with E-state index in [-0.39, 0.29) is 23.0 Å². The second-order valence-electron chi connectivity index (χ2n) is 19.1. The zero-order chi connectivity index (χ0) is 55.5. The largest absolute Gasteiger partial charge is 0.501 e. The Morgan fingerprint density at radius 1 is 0.818 bits per heavy atom. The van der Waals surface area contributed by atoms with Gasteiger partial charge >= 0.3 is 19.3 Å². The number of anilines is 4. The Balaban J connectivity index is 0.960. The first kappa shape index (κ1) is 57.6. The van der Waals surface area contributed by atoms with Gasteiger partial charge in [0.2, 0.25) is 0 Å². The first-order valence-corrected chi connectivity index (χ1v) is 30.6. The molecule has 2 fully saturated rings. The van der Waals surface area contributed by atoms with E-state index in [9.17, 15) is 54.3 Å². The molecule has 77 heavy (non-hydrogen) atoms. The first-order valence-electron chi connectivity index (χ1n) is 24.7. The van der Waals surface area contributed by atoms with Gasteiger partial charge in [-0.25, -0.2) is 26.2 Å².